The molecule has 0 aliphatic rings. The summed E-state index contributed by atoms with van der Waals surface area (Å²) in [6.07, 6.45) is 1.10. The number of rotatable bonds is 5. The third-order valence-electron chi connectivity index (χ3n) is 2.34. The van der Waals surface area contributed by atoms with Gasteiger partial charge in [0.15, 0.2) is 9.84 Å². The molecule has 0 aromatic heterocycles. The van der Waals surface area contributed by atoms with Crippen LogP contribution in [-0.4, -0.2) is 32.4 Å². The molecule has 0 radical (unpaired) electrons. The van der Waals surface area contributed by atoms with Gasteiger partial charge in [-0.05, 0) is 38.1 Å². The largest absolute Gasteiger partial charge is 0.510 e. The Kier molecular flexibility index (Phi) is 5.60. The van der Waals surface area contributed by atoms with Crippen LogP contribution in [-0.2, 0) is 19.4 Å². The summed E-state index contributed by atoms with van der Waals surface area (Å²) >= 11 is 0. The molecule has 1 rings (SSSR count). The molecule has 0 bridgehead atoms. The van der Waals surface area contributed by atoms with E-state index in [0.717, 1.165) is 6.26 Å². The van der Waals surface area contributed by atoms with Gasteiger partial charge in [-0.15, -0.1) is 5.11 Å². The average molecular weight is 312 g/mol. The van der Waals surface area contributed by atoms with Crippen molar-refractivity contribution < 1.29 is 23.1 Å². The lowest BCUT2D eigenvalue weighted by Gasteiger charge is -2.02. The first kappa shape index (κ1) is 16.8. The van der Waals surface area contributed by atoms with Crippen LogP contribution in [0.15, 0.2) is 50.8 Å². The molecule has 0 atom stereocenters. The lowest BCUT2D eigenvalue weighted by molar-refractivity contribution is -0.138. The van der Waals surface area contributed by atoms with Gasteiger partial charge in [0.05, 0.1) is 17.2 Å². The highest BCUT2D eigenvalue weighted by Gasteiger charge is 2.14. The number of azo groups is 1. The molecule has 0 saturated carbocycles. The van der Waals surface area contributed by atoms with Gasteiger partial charge in [-0.2, -0.15) is 5.11 Å². The zero-order valence-corrected chi connectivity index (χ0v) is 12.7. The van der Waals surface area contributed by atoms with Crippen molar-refractivity contribution >= 4 is 21.5 Å². The number of benzene rings is 1. The Balaban J connectivity index is 2.98. The minimum atomic E-state index is -3.28. The molecule has 0 aliphatic carbocycles. The van der Waals surface area contributed by atoms with Crippen molar-refractivity contribution in [2.75, 3.05) is 12.9 Å². The van der Waals surface area contributed by atoms with Gasteiger partial charge in [0.2, 0.25) is 5.70 Å². The maximum absolute atomic E-state index is 11.5. The lowest BCUT2D eigenvalue weighted by atomic mass is 10.3. The normalized spacial score (nSPS) is 13.1. The fourth-order valence-electron chi connectivity index (χ4n) is 1.33. The number of hydrogen-bond acceptors (Lipinski definition) is 7. The molecule has 1 aromatic rings. The molecule has 0 aliphatic heterocycles. The van der Waals surface area contributed by atoms with E-state index in [1.54, 1.807) is 6.92 Å². The number of sulfone groups is 1. The van der Waals surface area contributed by atoms with E-state index < -0.39 is 15.8 Å². The van der Waals surface area contributed by atoms with Crippen LogP contribution in [0.2, 0.25) is 0 Å². The van der Waals surface area contributed by atoms with Gasteiger partial charge in [-0.3, -0.25) is 0 Å². The van der Waals surface area contributed by atoms with Crippen LogP contribution in [0.4, 0.5) is 5.69 Å². The molecule has 0 unspecified atom stereocenters. The predicted octanol–water partition coefficient (Wildman–Crippen LogP) is 2.53. The number of esters is 1. The average Bonchev–Trinajstić information content (AvgIpc) is 2.38. The van der Waals surface area contributed by atoms with Gasteiger partial charge < -0.3 is 9.84 Å². The Morgan fingerprint density at radius 1 is 1.29 bits per heavy atom. The number of carbonyl (C=O) groups is 1. The van der Waals surface area contributed by atoms with Crippen LogP contribution < -0.4 is 0 Å². The number of carbonyl (C=O) groups excluding carboxylic acids is 1. The molecule has 21 heavy (non-hydrogen) atoms. The van der Waals surface area contributed by atoms with Gasteiger partial charge in [-0.25, -0.2) is 13.2 Å². The first-order valence-corrected chi connectivity index (χ1v) is 7.93. The molecular weight excluding hydrogens is 296 g/mol. The number of aliphatic hydroxyl groups is 1. The third-order valence-corrected chi connectivity index (χ3v) is 3.47. The Hall–Kier alpha value is -2.22. The van der Waals surface area contributed by atoms with E-state index >= 15 is 0 Å². The summed E-state index contributed by atoms with van der Waals surface area (Å²) in [5, 5.41) is 16.8. The Morgan fingerprint density at radius 3 is 2.29 bits per heavy atom. The summed E-state index contributed by atoms with van der Waals surface area (Å²) in [4.78, 5) is 11.7. The lowest BCUT2D eigenvalue weighted by Crippen LogP contribution is -2.07. The summed E-state index contributed by atoms with van der Waals surface area (Å²) in [5.41, 5.74) is 0.0366. The topological polar surface area (TPSA) is 105 Å². The molecule has 7 nitrogen and oxygen atoms in total. The van der Waals surface area contributed by atoms with Gasteiger partial charge in [0, 0.05) is 6.26 Å². The first-order chi connectivity index (χ1) is 9.75. The highest BCUT2D eigenvalue weighted by Crippen LogP contribution is 2.18. The van der Waals surface area contributed by atoms with Crippen LogP contribution in [0.1, 0.15) is 13.8 Å². The molecular formula is C13H16N2O5S. The molecule has 1 N–H and O–H groups in total. The smallest absolute Gasteiger partial charge is 0.362 e. The zero-order chi connectivity index (χ0) is 16.0. The molecule has 0 fully saturated rings. The number of aliphatic hydroxyl groups excluding tert-OH is 1. The molecule has 114 valence electrons. The maximum atomic E-state index is 11.5. The standard InChI is InChI=1S/C13H16N2O5S/c1-4-20-13(17)12(9(2)16)15-14-10-5-7-11(8-6-10)21(3,18)19/h5-8,16H,4H2,1-3H3. The zero-order valence-electron chi connectivity index (χ0n) is 11.9. The van der Waals surface area contributed by atoms with Crippen LogP contribution in [0, 0.1) is 0 Å². The van der Waals surface area contributed by atoms with Gasteiger partial charge in [0.1, 0.15) is 5.76 Å². The molecule has 0 spiro atoms. The van der Waals surface area contributed by atoms with Gasteiger partial charge in [0.25, 0.3) is 0 Å². The fraction of sp³-hybridized carbons (Fsp3) is 0.308. The van der Waals surface area contributed by atoms with E-state index in [0.29, 0.717) is 5.69 Å². The monoisotopic (exact) mass is 312 g/mol. The van der Waals surface area contributed by atoms with Crippen molar-refractivity contribution in [1.29, 1.82) is 0 Å². The minimum absolute atomic E-state index is 0.147. The highest BCUT2D eigenvalue weighted by molar-refractivity contribution is 7.90. The van der Waals surface area contributed by atoms with Crippen molar-refractivity contribution in [3.63, 3.8) is 0 Å². The summed E-state index contributed by atoms with van der Waals surface area (Å²) in [5.74, 6) is -1.10. The number of ether oxygens (including phenoxy) is 1. The first-order valence-electron chi connectivity index (χ1n) is 6.04. The van der Waals surface area contributed by atoms with E-state index in [9.17, 15) is 18.3 Å². The highest BCUT2D eigenvalue weighted by atomic mass is 32.2. The Bertz CT molecular complexity index is 671. The van der Waals surface area contributed by atoms with Crippen molar-refractivity contribution in [3.8, 4) is 0 Å². The Morgan fingerprint density at radius 2 is 1.86 bits per heavy atom. The van der Waals surface area contributed by atoms with Gasteiger partial charge in [-0.1, -0.05) is 0 Å². The van der Waals surface area contributed by atoms with Crippen LogP contribution in [0.25, 0.3) is 0 Å². The van der Waals surface area contributed by atoms with Crippen molar-refractivity contribution in [1.82, 2.24) is 0 Å². The molecule has 0 heterocycles. The summed E-state index contributed by atoms with van der Waals surface area (Å²) in [6, 6.07) is 5.64. The third kappa shape index (κ3) is 4.99. The Labute approximate surface area is 122 Å². The predicted molar refractivity (Wildman–Crippen MR) is 76.0 cm³/mol. The van der Waals surface area contributed by atoms with E-state index in [1.807, 2.05) is 0 Å². The summed E-state index contributed by atoms with van der Waals surface area (Å²) in [6.45, 7) is 3.06. The summed E-state index contributed by atoms with van der Waals surface area (Å²) < 4.78 is 27.3. The maximum Gasteiger partial charge on any atom is 0.362 e. The van der Waals surface area contributed by atoms with E-state index in [-0.39, 0.29) is 23.0 Å². The van der Waals surface area contributed by atoms with Crippen LogP contribution >= 0.6 is 0 Å². The van der Waals surface area contributed by atoms with Crippen molar-refractivity contribution in [3.05, 3.63) is 35.7 Å². The molecule has 8 heteroatoms. The van der Waals surface area contributed by atoms with E-state index in [1.165, 1.54) is 31.2 Å². The van der Waals surface area contributed by atoms with E-state index in [2.05, 4.69) is 10.2 Å². The number of allylic oxidation sites excluding steroid dienone is 1. The van der Waals surface area contributed by atoms with Crippen molar-refractivity contribution in [2.24, 2.45) is 10.2 Å². The molecule has 0 amide bonds. The second kappa shape index (κ2) is 6.98. The SMILES string of the molecule is CCOC(=O)C(N=Nc1ccc(S(C)(=O)=O)cc1)=C(C)O. The van der Waals surface area contributed by atoms with Gasteiger partial charge >= 0.3 is 5.97 Å². The van der Waals surface area contributed by atoms with Crippen molar-refractivity contribution in [2.45, 2.75) is 18.7 Å². The van der Waals surface area contributed by atoms with Crippen LogP contribution in [0.5, 0.6) is 0 Å². The quantitative estimate of drug-likeness (QED) is 0.389. The number of hydrogen-bond donors (Lipinski definition) is 1. The number of nitrogens with zero attached hydrogens (tertiary/aromatic N) is 2. The fourth-order valence-corrected chi connectivity index (χ4v) is 1.96. The minimum Gasteiger partial charge on any atom is -0.510 e. The second-order valence-corrected chi connectivity index (χ2v) is 6.14. The van der Waals surface area contributed by atoms with E-state index in [4.69, 9.17) is 4.74 Å². The molecule has 1 aromatic carbocycles. The molecule has 0 saturated heterocycles. The summed E-state index contributed by atoms with van der Waals surface area (Å²) in [7, 11) is -3.28. The van der Waals surface area contributed by atoms with Crippen LogP contribution in [0.3, 0.4) is 0 Å². The second-order valence-electron chi connectivity index (χ2n) is 4.12.